The van der Waals surface area contributed by atoms with E-state index in [1.165, 1.54) is 161 Å². The fraction of sp³-hybridized carbons (Fsp3) is 0.984. The van der Waals surface area contributed by atoms with Crippen LogP contribution in [0.4, 0.5) is 0 Å². The maximum absolute atomic E-state index is 13.4. The number of unbranched alkanes of at least 4 members (excludes halogenated alkanes) is 30. The molecule has 0 unspecified atom stereocenters. The van der Waals surface area contributed by atoms with E-state index in [1.54, 1.807) is 0 Å². The molecule has 3 aliphatic rings. The Bertz CT molecular complexity index is 1490. The van der Waals surface area contributed by atoms with Crippen molar-refractivity contribution in [3.05, 3.63) is 0 Å². The van der Waals surface area contributed by atoms with E-state index in [4.69, 9.17) is 28.4 Å². The summed E-state index contributed by atoms with van der Waals surface area (Å²) in [4.78, 5) is 13.4. The number of rotatable bonds is 48. The Labute approximate surface area is 481 Å². The lowest BCUT2D eigenvalue weighted by Crippen LogP contribution is -2.63. The van der Waals surface area contributed by atoms with E-state index in [2.05, 4.69) is 26.1 Å². The van der Waals surface area contributed by atoms with Crippen molar-refractivity contribution in [2.24, 2.45) is 5.92 Å². The third-order valence-corrected chi connectivity index (χ3v) is 16.6. The summed E-state index contributed by atoms with van der Waals surface area (Å²) in [6, 6.07) is -0.881. The average molecular weight is 1150 g/mol. The molecule has 0 aliphatic carbocycles. The fourth-order valence-corrected chi connectivity index (χ4v) is 11.1. The van der Waals surface area contributed by atoms with Gasteiger partial charge in [-0.2, -0.15) is 0 Å². The Kier molecular flexibility index (Phi) is 40.4. The normalized spacial score (nSPS) is 30.0. The first kappa shape index (κ1) is 73.0. The van der Waals surface area contributed by atoms with Gasteiger partial charge in [0.15, 0.2) is 18.9 Å². The summed E-state index contributed by atoms with van der Waals surface area (Å²) < 4.78 is 34.0. The first-order chi connectivity index (χ1) is 38.6. The van der Waals surface area contributed by atoms with Gasteiger partial charge in [0.05, 0.1) is 38.6 Å². The quantitative estimate of drug-likeness (QED) is 0.0285. The van der Waals surface area contributed by atoms with Crippen LogP contribution in [0.25, 0.3) is 0 Å². The zero-order chi connectivity index (χ0) is 58.5. The molecule has 0 radical (unpaired) electrons. The second kappa shape index (κ2) is 44.3. The number of carbonyl (C=O) groups is 1. The number of aliphatic hydroxyl groups excluding tert-OH is 11. The van der Waals surface area contributed by atoms with Crippen LogP contribution in [0.2, 0.25) is 0 Å². The molecular formula is C61H117NO18. The topological polar surface area (TPSA) is 307 Å². The molecule has 3 rings (SSSR count). The molecule has 3 saturated heterocycles. The Morgan fingerprint density at radius 3 is 1.09 bits per heavy atom. The summed E-state index contributed by atoms with van der Waals surface area (Å²) in [5, 5.41) is 119. The largest absolute Gasteiger partial charge is 0.394 e. The van der Waals surface area contributed by atoms with Crippen molar-refractivity contribution in [2.75, 3.05) is 26.4 Å². The lowest BCUT2D eigenvalue weighted by Gasteiger charge is -2.44. The molecule has 0 aromatic rings. The minimum atomic E-state index is -1.85. The molecule has 0 bridgehead atoms. The number of nitrogens with one attached hydrogen (secondary N) is 1. The van der Waals surface area contributed by atoms with Crippen LogP contribution in [0, 0.1) is 5.92 Å². The molecule has 17 atom stereocenters. The molecule has 0 saturated carbocycles. The lowest BCUT2D eigenvalue weighted by molar-refractivity contribution is -0.342. The minimum absolute atomic E-state index is 0.238. The molecule has 19 heteroatoms. The fourth-order valence-electron chi connectivity index (χ4n) is 11.1. The van der Waals surface area contributed by atoms with Crippen LogP contribution in [0.5, 0.6) is 0 Å². The van der Waals surface area contributed by atoms with Crippen LogP contribution in [0.1, 0.15) is 245 Å². The van der Waals surface area contributed by atoms with Crippen molar-refractivity contribution in [3.8, 4) is 0 Å². The Balaban J connectivity index is 1.44. The summed E-state index contributed by atoms with van der Waals surface area (Å²) in [5.41, 5.74) is 0. The van der Waals surface area contributed by atoms with Gasteiger partial charge in [0, 0.05) is 6.42 Å². The zero-order valence-electron chi connectivity index (χ0n) is 49.7. The van der Waals surface area contributed by atoms with E-state index >= 15 is 0 Å². The molecular weight excluding hydrogens is 1030 g/mol. The molecule has 12 N–H and O–H groups in total. The van der Waals surface area contributed by atoms with Crippen molar-refractivity contribution in [2.45, 2.75) is 350 Å². The van der Waals surface area contributed by atoms with Crippen molar-refractivity contribution in [1.29, 1.82) is 0 Å². The standard InChI is InChI=1S/C61H117NO18/c1-4-5-6-7-8-9-10-11-12-13-14-15-16-17-18-19-23-26-29-32-35-38-49(65)62-44(45(64)37-34-31-28-25-22-20-21-24-27-30-33-36-43(2)3)40-75-59-57(73)54(70)51(67)47(79-59)42-77-61-58(74)55(71)52(68)48(80-61)41-76-60-56(72)53(69)50(66)46(39-63)78-60/h43-48,50-61,63-64,66-74H,4-42H2,1-3H3,(H,62,65)/t44-,45+,46+,47+,48+,50-,51-,52-,53-,54-,55-,56+,57+,58+,59+,60-,61-/m0/s1. The second-order valence-electron chi connectivity index (χ2n) is 24.1. The van der Waals surface area contributed by atoms with Gasteiger partial charge in [-0.1, -0.05) is 226 Å². The predicted octanol–water partition coefficient (Wildman–Crippen LogP) is 6.63. The molecule has 19 nitrogen and oxygen atoms in total. The van der Waals surface area contributed by atoms with E-state index in [0.29, 0.717) is 12.8 Å². The number of hydrogen-bond donors (Lipinski definition) is 12. The summed E-state index contributed by atoms with van der Waals surface area (Å²) in [6.07, 6.45) is 15.5. The van der Waals surface area contributed by atoms with Crippen molar-refractivity contribution >= 4 is 5.91 Å². The van der Waals surface area contributed by atoms with Gasteiger partial charge >= 0.3 is 0 Å². The minimum Gasteiger partial charge on any atom is -0.394 e. The Morgan fingerprint density at radius 2 is 0.725 bits per heavy atom. The third-order valence-electron chi connectivity index (χ3n) is 16.6. The second-order valence-corrected chi connectivity index (χ2v) is 24.1. The number of hydrogen-bond acceptors (Lipinski definition) is 18. The molecule has 0 aromatic heterocycles. The van der Waals surface area contributed by atoms with E-state index < -0.39 is 124 Å². The predicted molar refractivity (Wildman–Crippen MR) is 305 cm³/mol. The summed E-state index contributed by atoms with van der Waals surface area (Å²) in [5.74, 6) is 0.529. The number of ether oxygens (including phenoxy) is 6. The van der Waals surface area contributed by atoms with Gasteiger partial charge in [-0.05, 0) is 18.8 Å². The molecule has 3 heterocycles. The van der Waals surface area contributed by atoms with E-state index in [1.807, 2.05) is 0 Å². The highest BCUT2D eigenvalue weighted by atomic mass is 16.7. The maximum atomic E-state index is 13.4. The molecule has 0 aromatic carbocycles. The summed E-state index contributed by atoms with van der Waals surface area (Å²) >= 11 is 0. The van der Waals surface area contributed by atoms with Crippen molar-refractivity contribution in [3.63, 3.8) is 0 Å². The Hall–Kier alpha value is -1.21. The van der Waals surface area contributed by atoms with Crippen LogP contribution in [-0.2, 0) is 33.2 Å². The van der Waals surface area contributed by atoms with Gasteiger partial charge in [-0.25, -0.2) is 0 Å². The summed E-state index contributed by atoms with van der Waals surface area (Å²) in [7, 11) is 0. The smallest absolute Gasteiger partial charge is 0.220 e. The van der Waals surface area contributed by atoms with Gasteiger partial charge in [0.25, 0.3) is 0 Å². The van der Waals surface area contributed by atoms with E-state index in [0.717, 1.165) is 50.9 Å². The van der Waals surface area contributed by atoms with Gasteiger partial charge in [0.2, 0.25) is 5.91 Å². The van der Waals surface area contributed by atoms with Gasteiger partial charge in [0.1, 0.15) is 73.2 Å². The first-order valence-corrected chi connectivity index (χ1v) is 32.1. The molecule has 0 spiro atoms. The molecule has 1 amide bonds. The van der Waals surface area contributed by atoms with Gasteiger partial charge in [-0.3, -0.25) is 4.79 Å². The van der Waals surface area contributed by atoms with Crippen molar-refractivity contribution in [1.82, 2.24) is 5.32 Å². The van der Waals surface area contributed by atoms with Gasteiger partial charge in [-0.15, -0.1) is 0 Å². The molecule has 80 heavy (non-hydrogen) atoms. The highest BCUT2D eigenvalue weighted by molar-refractivity contribution is 5.76. The number of carbonyl (C=O) groups excluding carboxylic acids is 1. The van der Waals surface area contributed by atoms with E-state index in [-0.39, 0.29) is 18.9 Å². The molecule has 3 fully saturated rings. The number of amides is 1. The van der Waals surface area contributed by atoms with Crippen molar-refractivity contribution < 1.29 is 89.4 Å². The van der Waals surface area contributed by atoms with Crippen LogP contribution >= 0.6 is 0 Å². The average Bonchev–Trinajstić information content (AvgIpc) is 3.44. The van der Waals surface area contributed by atoms with Crippen LogP contribution < -0.4 is 5.32 Å². The summed E-state index contributed by atoms with van der Waals surface area (Å²) in [6.45, 7) is 4.61. The third kappa shape index (κ3) is 29.3. The SMILES string of the molecule is CCCCCCCCCCCCCCCCCCCCCCCC(=O)N[C@@H](CO[C@@H]1O[C@H](CO[C@H]2O[C@H](CO[C@H]3O[C@H](CO)[C@H](O)[C@H](O)[C@H]3O)[C@H](O)[C@H](O)[C@H]2O)[C@H](O)[C@H](O)[C@H]1O)[C@H](O)CCCCCCCCCCCCCC(C)C. The molecule has 3 aliphatic heterocycles. The zero-order valence-corrected chi connectivity index (χ0v) is 49.7. The number of aliphatic hydroxyl groups is 11. The Morgan fingerprint density at radius 1 is 0.412 bits per heavy atom. The van der Waals surface area contributed by atoms with Crippen LogP contribution in [0.3, 0.4) is 0 Å². The monoisotopic (exact) mass is 1150 g/mol. The van der Waals surface area contributed by atoms with Crippen LogP contribution in [-0.4, -0.2) is 193 Å². The van der Waals surface area contributed by atoms with Gasteiger partial charge < -0.3 is 89.9 Å². The first-order valence-electron chi connectivity index (χ1n) is 32.1. The maximum Gasteiger partial charge on any atom is 0.220 e. The highest BCUT2D eigenvalue weighted by Crippen LogP contribution is 2.29. The van der Waals surface area contributed by atoms with E-state index in [9.17, 15) is 61.0 Å². The van der Waals surface area contributed by atoms with Crippen LogP contribution in [0.15, 0.2) is 0 Å². The highest BCUT2D eigenvalue weighted by Gasteiger charge is 2.49. The molecule has 474 valence electrons. The lowest BCUT2D eigenvalue weighted by atomic mass is 9.98.